The van der Waals surface area contributed by atoms with Crippen LogP contribution in [-0.2, 0) is 0 Å². The van der Waals surface area contributed by atoms with Gasteiger partial charge in [0.2, 0.25) is 0 Å². The minimum absolute atomic E-state index is 0.342. The van der Waals surface area contributed by atoms with Gasteiger partial charge in [-0.3, -0.25) is 19.7 Å². The molecule has 6 aromatic rings. The van der Waals surface area contributed by atoms with Gasteiger partial charge in [-0.15, -0.1) is 0 Å². The van der Waals surface area contributed by atoms with Crippen LogP contribution in [0, 0.1) is 13.1 Å². The van der Waals surface area contributed by atoms with Crippen molar-refractivity contribution >= 4 is 65.5 Å². The summed E-state index contributed by atoms with van der Waals surface area (Å²) in [6.07, 6.45) is 3.39. The van der Waals surface area contributed by atoms with Gasteiger partial charge in [-0.2, -0.15) is 0 Å². The van der Waals surface area contributed by atoms with E-state index in [4.69, 9.17) is 18.1 Å². The summed E-state index contributed by atoms with van der Waals surface area (Å²) >= 11 is 0. The molecule has 30 heavy (non-hydrogen) atoms. The van der Waals surface area contributed by atoms with Crippen LogP contribution in [0.4, 0.5) is 11.4 Å². The van der Waals surface area contributed by atoms with Crippen molar-refractivity contribution in [3.63, 3.8) is 0 Å². The van der Waals surface area contributed by atoms with Crippen LogP contribution in [0.3, 0.4) is 0 Å². The number of hydrogen-bond donors (Lipinski definition) is 0. The van der Waals surface area contributed by atoms with Gasteiger partial charge in [0.15, 0.2) is 11.4 Å². The van der Waals surface area contributed by atoms with E-state index in [0.29, 0.717) is 11.4 Å². The van der Waals surface area contributed by atoms with Gasteiger partial charge in [-0.1, -0.05) is 60.7 Å². The molecule has 0 aliphatic heterocycles. The van der Waals surface area contributed by atoms with Crippen molar-refractivity contribution in [1.29, 1.82) is 0 Å². The minimum atomic E-state index is 0.342. The Hall–Kier alpha value is -4.54. The summed E-state index contributed by atoms with van der Waals surface area (Å²) in [5.41, 5.74) is 2.27. The van der Waals surface area contributed by atoms with Crippen LogP contribution in [0.25, 0.3) is 63.8 Å². The first-order chi connectivity index (χ1) is 14.8. The maximum absolute atomic E-state index is 7.58. The smallest absolute Gasteiger partial charge is 0.195 e. The summed E-state index contributed by atoms with van der Waals surface area (Å²) in [5, 5.41) is 8.40. The number of rotatable bonds is 0. The molecule has 0 unspecified atom stereocenters. The van der Waals surface area contributed by atoms with Crippen LogP contribution in [0.15, 0.2) is 73.1 Å². The Morgan fingerprint density at radius 2 is 1.03 bits per heavy atom. The number of hydrogen-bond acceptors (Lipinski definition) is 2. The molecule has 4 heteroatoms. The molecule has 0 aliphatic rings. The Bertz CT molecular complexity index is 1760. The Morgan fingerprint density at radius 1 is 0.533 bits per heavy atom. The van der Waals surface area contributed by atoms with Crippen LogP contribution in [0.1, 0.15) is 0 Å². The molecule has 0 aliphatic carbocycles. The fourth-order valence-electron chi connectivity index (χ4n) is 4.54. The highest BCUT2D eigenvalue weighted by atomic mass is 14.8. The van der Waals surface area contributed by atoms with E-state index in [9.17, 15) is 0 Å². The second-order valence-corrected chi connectivity index (χ2v) is 7.20. The van der Waals surface area contributed by atoms with E-state index in [1.165, 1.54) is 0 Å². The Balaban J connectivity index is 2.09. The maximum Gasteiger partial charge on any atom is 0.195 e. The van der Waals surface area contributed by atoms with Gasteiger partial charge in [0, 0.05) is 17.8 Å². The standard InChI is InChI=1S/C26H12N4/c1-27-21-13-19-20(14-22(21)28-2)25-26(30-12-11-29-25)24-18-10-6-4-8-16(18)15-7-3-5-9-17(15)23(19)24/h3-14H. The van der Waals surface area contributed by atoms with Crippen molar-refractivity contribution in [2.45, 2.75) is 0 Å². The van der Waals surface area contributed by atoms with Gasteiger partial charge in [0.05, 0.1) is 24.2 Å². The lowest BCUT2D eigenvalue weighted by atomic mass is 9.89. The quantitative estimate of drug-likeness (QED) is 0.204. The summed E-state index contributed by atoms with van der Waals surface area (Å²) < 4.78 is 0. The Labute approximate surface area is 171 Å². The highest BCUT2D eigenvalue weighted by Gasteiger charge is 2.18. The monoisotopic (exact) mass is 380 g/mol. The lowest BCUT2D eigenvalue weighted by Crippen LogP contribution is -1.91. The summed E-state index contributed by atoms with van der Waals surface area (Å²) in [4.78, 5) is 16.5. The first-order valence-electron chi connectivity index (χ1n) is 9.50. The van der Waals surface area contributed by atoms with Gasteiger partial charge in [0.25, 0.3) is 0 Å². The fraction of sp³-hybridized carbons (Fsp3) is 0. The third kappa shape index (κ3) is 2.02. The molecule has 0 spiro atoms. The van der Waals surface area contributed by atoms with E-state index in [0.717, 1.165) is 54.1 Å². The summed E-state index contributed by atoms with van der Waals surface area (Å²) in [7, 11) is 0. The molecular formula is C26H12N4. The van der Waals surface area contributed by atoms with Crippen LogP contribution >= 0.6 is 0 Å². The van der Waals surface area contributed by atoms with E-state index in [1.807, 2.05) is 24.3 Å². The zero-order chi connectivity index (χ0) is 20.2. The van der Waals surface area contributed by atoms with E-state index in [-0.39, 0.29) is 0 Å². The Kier molecular flexibility index (Phi) is 3.27. The van der Waals surface area contributed by atoms with Crippen molar-refractivity contribution < 1.29 is 0 Å². The average Bonchev–Trinajstić information content (AvgIpc) is 2.82. The molecule has 0 atom stereocenters. The molecule has 5 aromatic carbocycles. The van der Waals surface area contributed by atoms with Crippen LogP contribution in [0.5, 0.6) is 0 Å². The number of fused-ring (bicyclic) bond motifs is 11. The normalized spacial score (nSPS) is 11.3. The highest BCUT2D eigenvalue weighted by molar-refractivity contribution is 6.38. The van der Waals surface area contributed by atoms with Crippen molar-refractivity contribution in [3.05, 3.63) is 95.9 Å². The first kappa shape index (κ1) is 16.4. The molecule has 6 rings (SSSR count). The zero-order valence-electron chi connectivity index (χ0n) is 15.7. The van der Waals surface area contributed by atoms with Gasteiger partial charge in [0.1, 0.15) is 0 Å². The fourth-order valence-corrected chi connectivity index (χ4v) is 4.54. The molecule has 0 saturated heterocycles. The third-order valence-corrected chi connectivity index (χ3v) is 5.75. The van der Waals surface area contributed by atoms with Crippen LogP contribution < -0.4 is 0 Å². The second-order valence-electron chi connectivity index (χ2n) is 7.20. The van der Waals surface area contributed by atoms with Gasteiger partial charge in [-0.25, -0.2) is 0 Å². The highest BCUT2D eigenvalue weighted by Crippen LogP contribution is 2.45. The predicted molar refractivity (Wildman–Crippen MR) is 122 cm³/mol. The minimum Gasteiger partial charge on any atom is -0.252 e. The van der Waals surface area contributed by atoms with E-state index < -0.39 is 0 Å². The number of benzene rings is 5. The van der Waals surface area contributed by atoms with Crippen molar-refractivity contribution in [3.8, 4) is 0 Å². The predicted octanol–water partition coefficient (Wildman–Crippen LogP) is 7.34. The lowest BCUT2D eigenvalue weighted by molar-refractivity contribution is 1.31. The van der Waals surface area contributed by atoms with Crippen LogP contribution in [-0.4, -0.2) is 9.97 Å². The first-order valence-corrected chi connectivity index (χ1v) is 9.50. The molecule has 0 radical (unpaired) electrons. The van der Waals surface area contributed by atoms with Crippen LogP contribution in [0.2, 0.25) is 0 Å². The molecule has 0 saturated carbocycles. The summed E-state index contributed by atoms with van der Waals surface area (Å²) in [5.74, 6) is 0. The molecule has 1 heterocycles. The molecule has 0 bridgehead atoms. The lowest BCUT2D eigenvalue weighted by Gasteiger charge is -2.15. The maximum atomic E-state index is 7.58. The second kappa shape index (κ2) is 5.98. The molecule has 136 valence electrons. The SMILES string of the molecule is [C-]#[N+]c1cc2c(cc1[N+]#[C-])c1c3ccccc3c3ccccc3c1c1nccnc21. The average molecular weight is 380 g/mol. The molecular weight excluding hydrogens is 368 g/mol. The van der Waals surface area contributed by atoms with Gasteiger partial charge >= 0.3 is 0 Å². The zero-order valence-corrected chi connectivity index (χ0v) is 15.7. The van der Waals surface area contributed by atoms with E-state index >= 15 is 0 Å². The topological polar surface area (TPSA) is 34.5 Å². The summed E-state index contributed by atoms with van der Waals surface area (Å²) in [6, 6.07) is 20.3. The van der Waals surface area contributed by atoms with Crippen molar-refractivity contribution in [2.75, 3.05) is 0 Å². The third-order valence-electron chi connectivity index (χ3n) is 5.75. The van der Waals surface area contributed by atoms with Crippen molar-refractivity contribution in [2.24, 2.45) is 0 Å². The molecule has 1 aromatic heterocycles. The molecule has 4 nitrogen and oxygen atoms in total. The van der Waals surface area contributed by atoms with Gasteiger partial charge < -0.3 is 0 Å². The van der Waals surface area contributed by atoms with E-state index in [1.54, 1.807) is 18.5 Å². The molecule has 0 fully saturated rings. The number of nitrogens with zero attached hydrogens (tertiary/aromatic N) is 4. The molecule has 0 amide bonds. The molecule has 0 N–H and O–H groups in total. The van der Waals surface area contributed by atoms with Crippen molar-refractivity contribution in [1.82, 2.24) is 9.97 Å². The largest absolute Gasteiger partial charge is 0.252 e. The van der Waals surface area contributed by atoms with Gasteiger partial charge in [-0.05, 0) is 37.7 Å². The number of aromatic nitrogens is 2. The Morgan fingerprint density at radius 3 is 1.63 bits per heavy atom. The van der Waals surface area contributed by atoms with E-state index in [2.05, 4.69) is 45.0 Å². The summed E-state index contributed by atoms with van der Waals surface area (Å²) in [6.45, 7) is 15.1.